The predicted octanol–water partition coefficient (Wildman–Crippen LogP) is 6.86. The third-order valence-electron chi connectivity index (χ3n) is 5.46. The third-order valence-corrected chi connectivity index (χ3v) is 5.46. The maximum atomic E-state index is 6.37. The average Bonchev–Trinajstić information content (AvgIpc) is 2.55. The molecule has 1 aliphatic carbocycles. The molecule has 0 amide bonds. The average molecular weight is 347 g/mol. The van der Waals surface area contributed by atoms with Crippen LogP contribution in [0.4, 0.5) is 0 Å². The fourth-order valence-electron chi connectivity index (χ4n) is 3.37. The lowest BCUT2D eigenvalue weighted by Gasteiger charge is -2.32. The van der Waals surface area contributed by atoms with E-state index in [1.807, 2.05) is 0 Å². The van der Waals surface area contributed by atoms with Gasteiger partial charge in [0.2, 0.25) is 6.29 Å². The van der Waals surface area contributed by atoms with Gasteiger partial charge in [0.1, 0.15) is 5.75 Å². The lowest BCUT2D eigenvalue weighted by Crippen LogP contribution is -2.32. The number of hydrogen-bond donors (Lipinski definition) is 0. The second-order valence-corrected chi connectivity index (χ2v) is 9.47. The van der Waals surface area contributed by atoms with Gasteiger partial charge in [-0.25, -0.2) is 0 Å². The van der Waals surface area contributed by atoms with Crippen LogP contribution in [0, 0.1) is 5.41 Å². The minimum atomic E-state index is -0.159. The van der Waals surface area contributed by atoms with Crippen LogP contribution in [0.2, 0.25) is 0 Å². The Morgan fingerprint density at radius 2 is 1.56 bits per heavy atom. The van der Waals surface area contributed by atoms with Gasteiger partial charge in [-0.05, 0) is 47.8 Å². The molecule has 142 valence electrons. The Kier molecular flexibility index (Phi) is 6.96. The van der Waals surface area contributed by atoms with Crippen LogP contribution >= 0.6 is 0 Å². The normalized spacial score (nSPS) is 18.2. The molecule has 1 atom stereocenters. The first-order chi connectivity index (χ1) is 11.7. The summed E-state index contributed by atoms with van der Waals surface area (Å²) in [7, 11) is 0. The molecule has 1 unspecified atom stereocenters. The molecule has 0 saturated heterocycles. The van der Waals surface area contributed by atoms with Gasteiger partial charge in [0.05, 0.1) is 6.10 Å². The van der Waals surface area contributed by atoms with Crippen LogP contribution in [-0.2, 0) is 10.2 Å². The highest BCUT2D eigenvalue weighted by molar-refractivity contribution is 5.31. The Labute approximate surface area is 155 Å². The summed E-state index contributed by atoms with van der Waals surface area (Å²) in [6.07, 6.45) is 8.51. The van der Waals surface area contributed by atoms with Gasteiger partial charge in [0, 0.05) is 6.42 Å². The predicted molar refractivity (Wildman–Crippen MR) is 106 cm³/mol. The molecular weight excluding hydrogens is 308 g/mol. The first-order valence-electron chi connectivity index (χ1n) is 10.1. The van der Waals surface area contributed by atoms with Crippen molar-refractivity contribution in [1.82, 2.24) is 0 Å². The number of ether oxygens (including phenoxy) is 2. The van der Waals surface area contributed by atoms with Crippen LogP contribution in [0.5, 0.6) is 5.75 Å². The van der Waals surface area contributed by atoms with Gasteiger partial charge in [-0.2, -0.15) is 0 Å². The summed E-state index contributed by atoms with van der Waals surface area (Å²) >= 11 is 0. The molecule has 1 saturated carbocycles. The SMILES string of the molecule is CCC(C)(C)c1ccc(OC(CC(C)(C)C)OC2CCCCC2)cc1. The molecule has 1 aromatic carbocycles. The van der Waals surface area contributed by atoms with Gasteiger partial charge in [-0.3, -0.25) is 0 Å². The first-order valence-corrected chi connectivity index (χ1v) is 10.1. The monoisotopic (exact) mass is 346 g/mol. The number of rotatable bonds is 7. The van der Waals surface area contributed by atoms with Crippen LogP contribution in [0.25, 0.3) is 0 Å². The smallest absolute Gasteiger partial charge is 0.200 e. The van der Waals surface area contributed by atoms with Crippen LogP contribution in [0.1, 0.15) is 92.1 Å². The molecule has 1 fully saturated rings. The van der Waals surface area contributed by atoms with Crippen molar-refractivity contribution in [3.05, 3.63) is 29.8 Å². The second kappa shape index (κ2) is 8.58. The molecule has 25 heavy (non-hydrogen) atoms. The van der Waals surface area contributed by atoms with E-state index < -0.39 is 0 Å². The van der Waals surface area contributed by atoms with Crippen molar-refractivity contribution in [3.63, 3.8) is 0 Å². The van der Waals surface area contributed by atoms with E-state index in [-0.39, 0.29) is 17.1 Å². The highest BCUT2D eigenvalue weighted by Crippen LogP contribution is 2.31. The topological polar surface area (TPSA) is 18.5 Å². The second-order valence-electron chi connectivity index (χ2n) is 9.47. The Balaban J connectivity index is 2.04. The van der Waals surface area contributed by atoms with Gasteiger partial charge < -0.3 is 9.47 Å². The van der Waals surface area contributed by atoms with Gasteiger partial charge in [-0.15, -0.1) is 0 Å². The van der Waals surface area contributed by atoms with Gasteiger partial charge in [-0.1, -0.05) is 72.9 Å². The van der Waals surface area contributed by atoms with E-state index in [1.54, 1.807) is 0 Å². The molecule has 0 radical (unpaired) electrons. The summed E-state index contributed by atoms with van der Waals surface area (Å²) in [4.78, 5) is 0. The summed E-state index contributed by atoms with van der Waals surface area (Å²) in [6.45, 7) is 13.6. The molecule has 0 bridgehead atoms. The van der Waals surface area contributed by atoms with Crippen LogP contribution in [-0.4, -0.2) is 12.4 Å². The molecule has 0 heterocycles. The van der Waals surface area contributed by atoms with Gasteiger partial charge in [0.25, 0.3) is 0 Å². The van der Waals surface area contributed by atoms with Crippen molar-refractivity contribution in [2.45, 2.75) is 104 Å². The van der Waals surface area contributed by atoms with E-state index >= 15 is 0 Å². The molecule has 0 aliphatic heterocycles. The van der Waals surface area contributed by atoms with Crippen molar-refractivity contribution < 1.29 is 9.47 Å². The minimum Gasteiger partial charge on any atom is -0.465 e. The van der Waals surface area contributed by atoms with E-state index in [9.17, 15) is 0 Å². The molecule has 2 rings (SSSR count). The lowest BCUT2D eigenvalue weighted by atomic mass is 9.82. The van der Waals surface area contributed by atoms with Crippen molar-refractivity contribution in [2.24, 2.45) is 5.41 Å². The minimum absolute atomic E-state index is 0.159. The maximum absolute atomic E-state index is 6.37. The van der Waals surface area contributed by atoms with Crippen molar-refractivity contribution in [2.75, 3.05) is 0 Å². The maximum Gasteiger partial charge on any atom is 0.200 e. The molecule has 2 heteroatoms. The zero-order valence-corrected chi connectivity index (χ0v) is 17.2. The quantitative estimate of drug-likeness (QED) is 0.502. The van der Waals surface area contributed by atoms with E-state index in [4.69, 9.17) is 9.47 Å². The highest BCUT2D eigenvalue weighted by Gasteiger charge is 2.25. The zero-order chi connectivity index (χ0) is 18.5. The van der Waals surface area contributed by atoms with Gasteiger partial charge >= 0.3 is 0 Å². The Morgan fingerprint density at radius 3 is 2.08 bits per heavy atom. The summed E-state index contributed by atoms with van der Waals surface area (Å²) in [5, 5.41) is 0. The third kappa shape index (κ3) is 6.66. The van der Waals surface area contributed by atoms with E-state index in [0.29, 0.717) is 6.10 Å². The summed E-state index contributed by atoms with van der Waals surface area (Å²) in [5.74, 6) is 0.917. The van der Waals surface area contributed by atoms with E-state index in [2.05, 4.69) is 65.8 Å². The standard InChI is InChI=1S/C23H38O2/c1-7-23(5,6)18-13-15-20(16-14-18)25-21(17-22(2,3)4)24-19-11-9-8-10-12-19/h13-16,19,21H,7-12,17H2,1-6H3. The Bertz CT molecular complexity index is 504. The molecule has 1 aliphatic rings. The zero-order valence-electron chi connectivity index (χ0n) is 17.2. The Morgan fingerprint density at radius 1 is 0.960 bits per heavy atom. The number of benzene rings is 1. The molecule has 0 aromatic heterocycles. The fourth-order valence-corrected chi connectivity index (χ4v) is 3.37. The highest BCUT2D eigenvalue weighted by atomic mass is 16.7. The summed E-state index contributed by atoms with van der Waals surface area (Å²) in [5.41, 5.74) is 1.76. The van der Waals surface area contributed by atoms with Crippen LogP contribution in [0.3, 0.4) is 0 Å². The van der Waals surface area contributed by atoms with Gasteiger partial charge in [0.15, 0.2) is 0 Å². The molecule has 0 N–H and O–H groups in total. The summed E-state index contributed by atoms with van der Waals surface area (Å²) in [6, 6.07) is 8.61. The van der Waals surface area contributed by atoms with E-state index in [0.717, 1.165) is 18.6 Å². The Hall–Kier alpha value is -1.02. The van der Waals surface area contributed by atoms with E-state index in [1.165, 1.54) is 37.7 Å². The molecule has 2 nitrogen and oxygen atoms in total. The molecule has 0 spiro atoms. The van der Waals surface area contributed by atoms with Crippen LogP contribution < -0.4 is 4.74 Å². The lowest BCUT2D eigenvalue weighted by molar-refractivity contribution is -0.142. The van der Waals surface area contributed by atoms with Crippen molar-refractivity contribution in [1.29, 1.82) is 0 Å². The molecule has 1 aromatic rings. The largest absolute Gasteiger partial charge is 0.465 e. The summed E-state index contributed by atoms with van der Waals surface area (Å²) < 4.78 is 12.6. The van der Waals surface area contributed by atoms with Crippen molar-refractivity contribution in [3.8, 4) is 5.75 Å². The first kappa shape index (κ1) is 20.3. The van der Waals surface area contributed by atoms with Crippen LogP contribution in [0.15, 0.2) is 24.3 Å². The van der Waals surface area contributed by atoms with Crippen molar-refractivity contribution >= 4 is 0 Å². The fraction of sp³-hybridized carbons (Fsp3) is 0.739. The molecular formula is C23H38O2. The number of hydrogen-bond acceptors (Lipinski definition) is 2.